The lowest BCUT2D eigenvalue weighted by atomic mass is 10.2. The van der Waals surface area contributed by atoms with E-state index in [1.807, 2.05) is 31.2 Å². The third-order valence-corrected chi connectivity index (χ3v) is 4.37. The molecule has 2 N–H and O–H groups in total. The van der Waals surface area contributed by atoms with Gasteiger partial charge < -0.3 is 24.8 Å². The third kappa shape index (κ3) is 10.4. The van der Waals surface area contributed by atoms with E-state index in [0.29, 0.717) is 6.54 Å². The van der Waals surface area contributed by atoms with Gasteiger partial charge >= 0.3 is 0 Å². The first-order valence-corrected chi connectivity index (χ1v) is 9.84. The van der Waals surface area contributed by atoms with Gasteiger partial charge in [-0.25, -0.2) is 4.99 Å². The van der Waals surface area contributed by atoms with Gasteiger partial charge in [-0.3, -0.25) is 4.90 Å². The predicted octanol–water partition coefficient (Wildman–Crippen LogP) is 2.11. The standard InChI is InChI=1S/C20H34N4O3.HI/c1-3-26-14-4-9-21-20(22-10-11-24-12-15-27-16-13-24)23-17-18-5-7-19(25-2)8-6-18;/h5-8H,3-4,9-17H2,1-2H3,(H2,21,22,23);1H. The molecule has 7 nitrogen and oxygen atoms in total. The van der Waals surface area contributed by atoms with Gasteiger partial charge in [-0.1, -0.05) is 12.1 Å². The van der Waals surface area contributed by atoms with Crippen molar-refractivity contribution in [3.8, 4) is 5.75 Å². The van der Waals surface area contributed by atoms with E-state index in [1.54, 1.807) is 7.11 Å². The maximum Gasteiger partial charge on any atom is 0.191 e. The molecule has 0 aliphatic carbocycles. The number of nitrogens with zero attached hydrogens (tertiary/aromatic N) is 2. The van der Waals surface area contributed by atoms with Gasteiger partial charge in [-0.05, 0) is 31.0 Å². The van der Waals surface area contributed by atoms with Crippen molar-refractivity contribution in [2.24, 2.45) is 4.99 Å². The first-order chi connectivity index (χ1) is 13.3. The van der Waals surface area contributed by atoms with Crippen molar-refractivity contribution >= 4 is 29.9 Å². The van der Waals surface area contributed by atoms with E-state index in [2.05, 4.69) is 15.5 Å². The van der Waals surface area contributed by atoms with Crippen LogP contribution >= 0.6 is 24.0 Å². The summed E-state index contributed by atoms with van der Waals surface area (Å²) in [5.41, 5.74) is 1.15. The summed E-state index contributed by atoms with van der Waals surface area (Å²) in [5.74, 6) is 1.70. The van der Waals surface area contributed by atoms with Crippen molar-refractivity contribution in [1.82, 2.24) is 15.5 Å². The summed E-state index contributed by atoms with van der Waals surface area (Å²) in [6, 6.07) is 8.02. The Morgan fingerprint density at radius 1 is 1.14 bits per heavy atom. The lowest BCUT2D eigenvalue weighted by Gasteiger charge is -2.26. The van der Waals surface area contributed by atoms with Crippen molar-refractivity contribution in [1.29, 1.82) is 0 Å². The Bertz CT molecular complexity index is 537. The summed E-state index contributed by atoms with van der Waals surface area (Å²) in [6.45, 7) is 10.5. The molecular formula is C20H35IN4O3. The molecule has 1 fully saturated rings. The molecule has 0 saturated carbocycles. The summed E-state index contributed by atoms with van der Waals surface area (Å²) in [6.07, 6.45) is 0.959. The zero-order valence-corrected chi connectivity index (χ0v) is 19.4. The Morgan fingerprint density at radius 2 is 1.86 bits per heavy atom. The number of hydrogen-bond acceptors (Lipinski definition) is 5. The molecular weight excluding hydrogens is 471 g/mol. The summed E-state index contributed by atoms with van der Waals surface area (Å²) in [5, 5.41) is 6.84. The van der Waals surface area contributed by atoms with E-state index in [9.17, 15) is 0 Å². The van der Waals surface area contributed by atoms with Crippen molar-refractivity contribution < 1.29 is 14.2 Å². The largest absolute Gasteiger partial charge is 0.497 e. The predicted molar refractivity (Wildman–Crippen MR) is 124 cm³/mol. The molecule has 0 aromatic heterocycles. The van der Waals surface area contributed by atoms with Crippen molar-refractivity contribution in [3.63, 3.8) is 0 Å². The van der Waals surface area contributed by atoms with Crippen molar-refractivity contribution in [2.45, 2.75) is 19.9 Å². The molecule has 1 heterocycles. The molecule has 0 atom stereocenters. The fourth-order valence-corrected chi connectivity index (χ4v) is 2.76. The number of hydrogen-bond donors (Lipinski definition) is 2. The van der Waals surface area contributed by atoms with Gasteiger partial charge in [0.25, 0.3) is 0 Å². The van der Waals surface area contributed by atoms with E-state index < -0.39 is 0 Å². The first-order valence-electron chi connectivity index (χ1n) is 9.84. The van der Waals surface area contributed by atoms with Crippen molar-refractivity contribution in [2.75, 3.05) is 66.3 Å². The molecule has 0 spiro atoms. The number of guanidine groups is 1. The Kier molecular flexibility index (Phi) is 14.1. The maximum absolute atomic E-state index is 5.40. The number of halogens is 1. The SMILES string of the molecule is CCOCCCNC(=NCc1ccc(OC)cc1)NCCN1CCOCC1.I. The minimum atomic E-state index is 0. The highest BCUT2D eigenvalue weighted by atomic mass is 127. The third-order valence-electron chi connectivity index (χ3n) is 4.37. The molecule has 1 aliphatic rings. The lowest BCUT2D eigenvalue weighted by Crippen LogP contribution is -2.44. The Hall–Kier alpha value is -1.10. The molecule has 160 valence electrons. The monoisotopic (exact) mass is 506 g/mol. The van der Waals surface area contributed by atoms with Crippen LogP contribution in [0.5, 0.6) is 5.75 Å². The van der Waals surface area contributed by atoms with Crippen LogP contribution in [0.3, 0.4) is 0 Å². The highest BCUT2D eigenvalue weighted by Crippen LogP contribution is 2.11. The van der Waals surface area contributed by atoms with E-state index in [1.165, 1.54) is 0 Å². The van der Waals surface area contributed by atoms with E-state index in [0.717, 1.165) is 82.8 Å². The molecule has 0 bridgehead atoms. The van der Waals surface area contributed by atoms with Crippen molar-refractivity contribution in [3.05, 3.63) is 29.8 Å². The minimum absolute atomic E-state index is 0. The van der Waals surface area contributed by atoms with Crippen LogP contribution in [0.1, 0.15) is 18.9 Å². The van der Waals surface area contributed by atoms with Gasteiger partial charge in [0.15, 0.2) is 5.96 Å². The topological polar surface area (TPSA) is 67.3 Å². The van der Waals surface area contributed by atoms with Crippen LogP contribution in [0.4, 0.5) is 0 Å². The fraction of sp³-hybridized carbons (Fsp3) is 0.650. The van der Waals surface area contributed by atoms with Crippen LogP contribution in [-0.4, -0.2) is 77.1 Å². The number of ether oxygens (including phenoxy) is 3. The second kappa shape index (κ2) is 15.8. The van der Waals surface area contributed by atoms with Gasteiger partial charge in [0.05, 0.1) is 26.9 Å². The van der Waals surface area contributed by atoms with E-state index in [-0.39, 0.29) is 24.0 Å². The molecule has 1 saturated heterocycles. The smallest absolute Gasteiger partial charge is 0.191 e. The minimum Gasteiger partial charge on any atom is -0.497 e. The van der Waals surface area contributed by atoms with Gasteiger partial charge in [-0.2, -0.15) is 0 Å². The molecule has 1 aromatic carbocycles. The van der Waals surface area contributed by atoms with Gasteiger partial charge in [0, 0.05) is 45.9 Å². The Morgan fingerprint density at radius 3 is 2.54 bits per heavy atom. The quantitative estimate of drug-likeness (QED) is 0.208. The first kappa shape index (κ1) is 24.9. The fourth-order valence-electron chi connectivity index (χ4n) is 2.76. The van der Waals surface area contributed by atoms with E-state index >= 15 is 0 Å². The summed E-state index contributed by atoms with van der Waals surface area (Å²) in [7, 11) is 1.68. The number of benzene rings is 1. The summed E-state index contributed by atoms with van der Waals surface area (Å²) >= 11 is 0. The maximum atomic E-state index is 5.40. The van der Waals surface area contributed by atoms with Crippen LogP contribution in [0.2, 0.25) is 0 Å². The second-order valence-corrected chi connectivity index (χ2v) is 6.37. The highest BCUT2D eigenvalue weighted by Gasteiger charge is 2.09. The number of rotatable bonds is 11. The zero-order chi connectivity index (χ0) is 19.2. The number of aliphatic imine (C=N–C) groups is 1. The molecule has 0 radical (unpaired) electrons. The van der Waals surface area contributed by atoms with Crippen LogP contribution in [0.25, 0.3) is 0 Å². The molecule has 0 unspecified atom stereocenters. The Labute approximate surface area is 186 Å². The van der Waals surface area contributed by atoms with Crippen LogP contribution in [0, 0.1) is 0 Å². The normalized spacial score (nSPS) is 15.0. The van der Waals surface area contributed by atoms with E-state index in [4.69, 9.17) is 19.2 Å². The molecule has 1 aromatic rings. The lowest BCUT2D eigenvalue weighted by molar-refractivity contribution is 0.0389. The second-order valence-electron chi connectivity index (χ2n) is 6.37. The number of nitrogens with one attached hydrogen (secondary N) is 2. The number of morpholine rings is 1. The highest BCUT2D eigenvalue weighted by molar-refractivity contribution is 14.0. The van der Waals surface area contributed by atoms with Gasteiger partial charge in [-0.15, -0.1) is 24.0 Å². The molecule has 8 heteroatoms. The zero-order valence-electron chi connectivity index (χ0n) is 17.1. The van der Waals surface area contributed by atoms with Crippen LogP contribution in [0.15, 0.2) is 29.3 Å². The summed E-state index contributed by atoms with van der Waals surface area (Å²) < 4.78 is 16.0. The molecule has 1 aliphatic heterocycles. The summed E-state index contributed by atoms with van der Waals surface area (Å²) in [4.78, 5) is 7.13. The average molecular weight is 506 g/mol. The molecule has 28 heavy (non-hydrogen) atoms. The molecule has 0 amide bonds. The average Bonchev–Trinajstić information content (AvgIpc) is 2.72. The Balaban J connectivity index is 0.00000392. The van der Waals surface area contributed by atoms with Gasteiger partial charge in [0.1, 0.15) is 5.75 Å². The number of methoxy groups -OCH3 is 1. The van der Waals surface area contributed by atoms with Crippen LogP contribution in [-0.2, 0) is 16.0 Å². The molecule has 2 rings (SSSR count). The van der Waals surface area contributed by atoms with Gasteiger partial charge in [0.2, 0.25) is 0 Å². The van der Waals surface area contributed by atoms with Crippen LogP contribution < -0.4 is 15.4 Å².